The molecule has 1 N–H and O–H groups in total. The van der Waals surface area contributed by atoms with E-state index >= 15 is 0 Å². The third-order valence-corrected chi connectivity index (χ3v) is 4.25. The maximum Gasteiger partial charge on any atom is 0.106 e. The second kappa shape index (κ2) is 6.67. The van der Waals surface area contributed by atoms with Gasteiger partial charge in [0.05, 0.1) is 6.04 Å². The monoisotopic (exact) mass is 305 g/mol. The lowest BCUT2D eigenvalue weighted by molar-refractivity contribution is 0.493. The molecule has 0 aliphatic carbocycles. The van der Waals surface area contributed by atoms with Gasteiger partial charge in [-0.3, -0.25) is 0 Å². The Labute approximate surface area is 132 Å². The van der Waals surface area contributed by atoms with E-state index in [4.69, 9.17) is 16.0 Å². The Balaban J connectivity index is 2.50. The van der Waals surface area contributed by atoms with Crippen LogP contribution in [0.3, 0.4) is 0 Å². The quantitative estimate of drug-likeness (QED) is 0.815. The van der Waals surface area contributed by atoms with Crippen LogP contribution >= 0.6 is 11.6 Å². The van der Waals surface area contributed by atoms with Gasteiger partial charge in [-0.25, -0.2) is 0 Å². The van der Waals surface area contributed by atoms with Gasteiger partial charge in [-0.1, -0.05) is 24.6 Å². The molecule has 3 heteroatoms. The number of nitrogens with one attached hydrogen (secondary N) is 1. The number of aryl methyl sites for hydroxylation is 4. The van der Waals surface area contributed by atoms with Gasteiger partial charge in [-0.15, -0.1) is 0 Å². The molecule has 0 amide bonds. The maximum atomic E-state index is 6.24. The van der Waals surface area contributed by atoms with Crippen LogP contribution in [0.2, 0.25) is 5.02 Å². The van der Waals surface area contributed by atoms with Crippen LogP contribution in [0.15, 0.2) is 22.6 Å². The number of halogens is 1. The summed E-state index contributed by atoms with van der Waals surface area (Å²) in [6.45, 7) is 11.3. The van der Waals surface area contributed by atoms with Crippen LogP contribution in [-0.2, 0) is 0 Å². The lowest BCUT2D eigenvalue weighted by atomic mass is 9.93. The Hall–Kier alpha value is -1.25. The SMILES string of the molecule is CCCNC(c1cc(C)c(Cl)cc1C)c1cc(C)oc1C. The molecule has 0 saturated carbocycles. The van der Waals surface area contributed by atoms with Gasteiger partial charge in [-0.2, -0.15) is 0 Å². The van der Waals surface area contributed by atoms with E-state index in [0.717, 1.165) is 35.1 Å². The Morgan fingerprint density at radius 3 is 2.33 bits per heavy atom. The first-order valence-electron chi connectivity index (χ1n) is 7.51. The summed E-state index contributed by atoms with van der Waals surface area (Å²) < 4.78 is 5.72. The van der Waals surface area contributed by atoms with E-state index in [-0.39, 0.29) is 6.04 Å². The van der Waals surface area contributed by atoms with Gasteiger partial charge in [0, 0.05) is 10.6 Å². The summed E-state index contributed by atoms with van der Waals surface area (Å²) in [4.78, 5) is 0. The minimum absolute atomic E-state index is 0.151. The van der Waals surface area contributed by atoms with Crippen molar-refractivity contribution >= 4 is 11.6 Å². The molecule has 21 heavy (non-hydrogen) atoms. The predicted molar refractivity (Wildman–Crippen MR) is 89.2 cm³/mol. The average Bonchev–Trinajstić information content (AvgIpc) is 2.75. The van der Waals surface area contributed by atoms with E-state index in [1.807, 2.05) is 13.8 Å². The van der Waals surface area contributed by atoms with E-state index in [9.17, 15) is 0 Å². The summed E-state index contributed by atoms with van der Waals surface area (Å²) in [6, 6.07) is 6.52. The maximum absolute atomic E-state index is 6.24. The molecule has 2 nitrogen and oxygen atoms in total. The molecule has 1 aromatic carbocycles. The standard InChI is InChI=1S/C18H24ClNO/c1-6-7-20-18(16-10-13(4)21-14(16)5)15-8-12(3)17(19)9-11(15)2/h8-10,18,20H,6-7H2,1-5H3. The highest BCUT2D eigenvalue weighted by molar-refractivity contribution is 6.31. The number of furan rings is 1. The Morgan fingerprint density at radius 2 is 1.76 bits per heavy atom. The fourth-order valence-electron chi connectivity index (χ4n) is 2.73. The number of hydrogen-bond donors (Lipinski definition) is 1. The van der Waals surface area contributed by atoms with E-state index in [2.05, 4.69) is 44.3 Å². The number of benzene rings is 1. The zero-order valence-electron chi connectivity index (χ0n) is 13.5. The van der Waals surface area contributed by atoms with Crippen LogP contribution in [0.4, 0.5) is 0 Å². The topological polar surface area (TPSA) is 25.2 Å². The van der Waals surface area contributed by atoms with Crippen molar-refractivity contribution in [3.63, 3.8) is 0 Å². The number of rotatable bonds is 5. The first-order valence-corrected chi connectivity index (χ1v) is 7.88. The van der Waals surface area contributed by atoms with Crippen LogP contribution in [0.5, 0.6) is 0 Å². The molecule has 0 aliphatic rings. The highest BCUT2D eigenvalue weighted by Crippen LogP contribution is 2.32. The second-order valence-electron chi connectivity index (χ2n) is 5.71. The van der Waals surface area contributed by atoms with E-state index in [0.29, 0.717) is 0 Å². The Morgan fingerprint density at radius 1 is 1.05 bits per heavy atom. The lowest BCUT2D eigenvalue weighted by Gasteiger charge is -2.21. The zero-order valence-corrected chi connectivity index (χ0v) is 14.3. The van der Waals surface area contributed by atoms with Gasteiger partial charge in [0.1, 0.15) is 11.5 Å². The van der Waals surface area contributed by atoms with Crippen LogP contribution < -0.4 is 5.32 Å². The zero-order chi connectivity index (χ0) is 15.6. The third kappa shape index (κ3) is 3.50. The molecular weight excluding hydrogens is 282 g/mol. The highest BCUT2D eigenvalue weighted by atomic mass is 35.5. The molecule has 0 saturated heterocycles. The van der Waals surface area contributed by atoms with Crippen LogP contribution in [0.1, 0.15) is 53.2 Å². The molecule has 114 valence electrons. The van der Waals surface area contributed by atoms with Crippen molar-refractivity contribution in [2.45, 2.75) is 47.1 Å². The molecule has 1 atom stereocenters. The van der Waals surface area contributed by atoms with Crippen LogP contribution in [0.25, 0.3) is 0 Å². The van der Waals surface area contributed by atoms with Crippen molar-refractivity contribution in [3.05, 3.63) is 57.0 Å². The molecule has 0 spiro atoms. The molecule has 0 radical (unpaired) electrons. The normalized spacial score (nSPS) is 12.7. The van der Waals surface area contributed by atoms with Gasteiger partial charge < -0.3 is 9.73 Å². The molecule has 2 aromatic rings. The molecule has 0 bridgehead atoms. The van der Waals surface area contributed by atoms with E-state index in [1.54, 1.807) is 0 Å². The molecule has 0 fully saturated rings. The smallest absolute Gasteiger partial charge is 0.106 e. The summed E-state index contributed by atoms with van der Waals surface area (Å²) in [5.74, 6) is 1.93. The van der Waals surface area contributed by atoms with Gasteiger partial charge in [0.2, 0.25) is 0 Å². The molecule has 1 unspecified atom stereocenters. The van der Waals surface area contributed by atoms with Crippen molar-refractivity contribution in [1.29, 1.82) is 0 Å². The van der Waals surface area contributed by atoms with Crippen molar-refractivity contribution < 1.29 is 4.42 Å². The van der Waals surface area contributed by atoms with Crippen molar-refractivity contribution in [2.75, 3.05) is 6.54 Å². The van der Waals surface area contributed by atoms with Gasteiger partial charge in [0.15, 0.2) is 0 Å². The first-order chi connectivity index (χ1) is 9.93. The summed E-state index contributed by atoms with van der Waals surface area (Å²) in [5, 5.41) is 4.47. The van der Waals surface area contributed by atoms with Gasteiger partial charge >= 0.3 is 0 Å². The fraction of sp³-hybridized carbons (Fsp3) is 0.444. The largest absolute Gasteiger partial charge is 0.466 e. The Kier molecular flexibility index (Phi) is 5.13. The average molecular weight is 306 g/mol. The van der Waals surface area contributed by atoms with Crippen LogP contribution in [-0.4, -0.2) is 6.54 Å². The van der Waals surface area contributed by atoms with E-state index < -0.39 is 0 Å². The van der Waals surface area contributed by atoms with Crippen molar-refractivity contribution in [3.8, 4) is 0 Å². The Bertz CT molecular complexity index is 630. The summed E-state index contributed by atoms with van der Waals surface area (Å²) in [5.41, 5.74) is 4.80. The minimum Gasteiger partial charge on any atom is -0.466 e. The summed E-state index contributed by atoms with van der Waals surface area (Å²) in [6.07, 6.45) is 1.10. The summed E-state index contributed by atoms with van der Waals surface area (Å²) >= 11 is 6.24. The third-order valence-electron chi connectivity index (χ3n) is 3.85. The van der Waals surface area contributed by atoms with Crippen molar-refractivity contribution in [2.24, 2.45) is 0 Å². The van der Waals surface area contributed by atoms with Crippen molar-refractivity contribution in [1.82, 2.24) is 5.32 Å². The number of hydrogen-bond acceptors (Lipinski definition) is 2. The van der Waals surface area contributed by atoms with E-state index in [1.165, 1.54) is 16.7 Å². The van der Waals surface area contributed by atoms with Crippen LogP contribution in [0, 0.1) is 27.7 Å². The second-order valence-corrected chi connectivity index (χ2v) is 6.12. The fourth-order valence-corrected chi connectivity index (χ4v) is 2.95. The minimum atomic E-state index is 0.151. The summed E-state index contributed by atoms with van der Waals surface area (Å²) in [7, 11) is 0. The molecule has 1 heterocycles. The molecule has 2 rings (SSSR count). The lowest BCUT2D eigenvalue weighted by Crippen LogP contribution is -2.24. The molecule has 0 aliphatic heterocycles. The van der Waals surface area contributed by atoms with Gasteiger partial charge in [-0.05, 0) is 69.5 Å². The first kappa shape index (κ1) is 16.1. The predicted octanol–water partition coefficient (Wildman–Crippen LogP) is 5.26. The highest BCUT2D eigenvalue weighted by Gasteiger charge is 2.21. The molecule has 1 aromatic heterocycles. The van der Waals surface area contributed by atoms with Gasteiger partial charge in [0.25, 0.3) is 0 Å². The molecular formula is C18H24ClNO.